The average molecular weight is 488 g/mol. The highest BCUT2D eigenvalue weighted by Crippen LogP contribution is 2.28. The van der Waals surface area contributed by atoms with Gasteiger partial charge in [-0.1, -0.05) is 24.3 Å². The van der Waals surface area contributed by atoms with Gasteiger partial charge in [0.25, 0.3) is 5.91 Å². The Bertz CT molecular complexity index is 1280. The third kappa shape index (κ3) is 5.65. The van der Waals surface area contributed by atoms with Crippen LogP contribution in [0.1, 0.15) is 10.4 Å². The van der Waals surface area contributed by atoms with Crippen LogP contribution < -0.4 is 10.6 Å². The number of rotatable bonds is 7. The van der Waals surface area contributed by atoms with Crippen molar-refractivity contribution in [1.82, 2.24) is 14.7 Å². The normalized spacial score (nSPS) is 13.9. The molecule has 2 amide bonds. The fourth-order valence-corrected chi connectivity index (χ4v) is 4.57. The molecule has 178 valence electrons. The quantitative estimate of drug-likeness (QED) is 0.409. The zero-order chi connectivity index (χ0) is 24.0. The van der Waals surface area contributed by atoms with Crippen LogP contribution in [0.2, 0.25) is 0 Å². The van der Waals surface area contributed by atoms with Gasteiger partial charge in [-0.05, 0) is 47.8 Å². The number of aromatic nitrogens is 2. The highest BCUT2D eigenvalue weighted by Gasteiger charge is 2.20. The van der Waals surface area contributed by atoms with Crippen molar-refractivity contribution in [2.45, 2.75) is 0 Å². The van der Waals surface area contributed by atoms with Crippen molar-refractivity contribution in [3.63, 3.8) is 0 Å². The van der Waals surface area contributed by atoms with Crippen molar-refractivity contribution < 1.29 is 14.3 Å². The van der Waals surface area contributed by atoms with Crippen LogP contribution in [0.3, 0.4) is 0 Å². The maximum atomic E-state index is 13.2. The first-order valence-electron chi connectivity index (χ1n) is 11.4. The molecule has 0 aliphatic carbocycles. The molecule has 8 nitrogen and oxygen atoms in total. The molecule has 0 saturated carbocycles. The Hall–Kier alpha value is -3.79. The molecular formula is C26H25N5O3S. The lowest BCUT2D eigenvalue weighted by Crippen LogP contribution is -2.41. The number of para-hydroxylation sites is 1. The van der Waals surface area contributed by atoms with E-state index < -0.39 is 0 Å². The van der Waals surface area contributed by atoms with Crippen molar-refractivity contribution in [3.8, 4) is 16.3 Å². The predicted molar refractivity (Wildman–Crippen MR) is 137 cm³/mol. The van der Waals surface area contributed by atoms with E-state index in [1.54, 1.807) is 35.1 Å². The molecule has 35 heavy (non-hydrogen) atoms. The van der Waals surface area contributed by atoms with Gasteiger partial charge in [0.1, 0.15) is 5.69 Å². The molecule has 5 rings (SSSR count). The molecule has 2 aromatic heterocycles. The Kier molecular flexibility index (Phi) is 6.99. The topological polar surface area (TPSA) is 88.5 Å². The van der Waals surface area contributed by atoms with E-state index in [0.717, 1.165) is 23.7 Å². The van der Waals surface area contributed by atoms with E-state index in [4.69, 9.17) is 4.74 Å². The molecule has 2 aromatic carbocycles. The van der Waals surface area contributed by atoms with Crippen molar-refractivity contribution in [2.75, 3.05) is 43.5 Å². The van der Waals surface area contributed by atoms with E-state index in [1.165, 1.54) is 11.3 Å². The molecule has 2 N–H and O–H groups in total. The summed E-state index contributed by atoms with van der Waals surface area (Å²) in [5, 5.41) is 12.5. The number of anilines is 2. The van der Waals surface area contributed by atoms with Gasteiger partial charge in [0.2, 0.25) is 5.91 Å². The van der Waals surface area contributed by atoms with Crippen molar-refractivity contribution >= 4 is 34.5 Å². The van der Waals surface area contributed by atoms with Crippen LogP contribution in [0, 0.1) is 0 Å². The lowest BCUT2D eigenvalue weighted by molar-refractivity contribution is -0.118. The van der Waals surface area contributed by atoms with Gasteiger partial charge in [-0.2, -0.15) is 5.10 Å². The minimum atomic E-state index is -0.250. The summed E-state index contributed by atoms with van der Waals surface area (Å²) in [6, 6.07) is 20.7. The largest absolute Gasteiger partial charge is 0.379 e. The van der Waals surface area contributed by atoms with Gasteiger partial charge in [-0.25, -0.2) is 4.68 Å². The van der Waals surface area contributed by atoms with Gasteiger partial charge in [0.05, 0.1) is 35.9 Å². The molecular weight excluding hydrogens is 462 g/mol. The monoisotopic (exact) mass is 487 g/mol. The summed E-state index contributed by atoms with van der Waals surface area (Å²) >= 11 is 1.54. The number of nitrogens with one attached hydrogen (secondary N) is 2. The van der Waals surface area contributed by atoms with Gasteiger partial charge in [-0.3, -0.25) is 14.5 Å². The smallest absolute Gasteiger partial charge is 0.259 e. The van der Waals surface area contributed by atoms with E-state index in [0.29, 0.717) is 42.4 Å². The standard InChI is InChI=1S/C26H25N5O3S/c32-24(18-30-12-14-34-15-13-30)27-19-8-10-20(11-9-19)28-26(33)22-17-31(21-5-2-1-3-6-21)29-25(22)23-7-4-16-35-23/h1-11,16-17H,12-15,18H2,(H,27,32)(H,28,33). The van der Waals surface area contributed by atoms with Crippen LogP contribution in [0.15, 0.2) is 78.3 Å². The molecule has 1 saturated heterocycles. The fourth-order valence-electron chi connectivity index (χ4n) is 3.85. The minimum absolute atomic E-state index is 0.0717. The predicted octanol–water partition coefficient (Wildman–Crippen LogP) is 4.12. The van der Waals surface area contributed by atoms with E-state index >= 15 is 0 Å². The summed E-state index contributed by atoms with van der Waals surface area (Å²) in [6.45, 7) is 3.15. The molecule has 4 aromatic rings. The first-order valence-corrected chi connectivity index (χ1v) is 12.2. The second kappa shape index (κ2) is 10.6. The summed E-state index contributed by atoms with van der Waals surface area (Å²) in [6.07, 6.45) is 1.75. The summed E-state index contributed by atoms with van der Waals surface area (Å²) in [4.78, 5) is 28.5. The molecule has 0 bridgehead atoms. The Morgan fingerprint density at radius 3 is 2.31 bits per heavy atom. The van der Waals surface area contributed by atoms with Crippen LogP contribution in [0.5, 0.6) is 0 Å². The number of amides is 2. The zero-order valence-corrected chi connectivity index (χ0v) is 19.8. The molecule has 1 aliphatic rings. The van der Waals surface area contributed by atoms with Crippen molar-refractivity contribution in [1.29, 1.82) is 0 Å². The SMILES string of the molecule is O=C(CN1CCOCC1)Nc1ccc(NC(=O)c2cn(-c3ccccc3)nc2-c2cccs2)cc1. The third-order valence-corrected chi connectivity index (χ3v) is 6.51. The number of hydrogen-bond acceptors (Lipinski definition) is 6. The van der Waals surface area contributed by atoms with Crippen LogP contribution in [-0.2, 0) is 9.53 Å². The third-order valence-electron chi connectivity index (χ3n) is 5.63. The first-order chi connectivity index (χ1) is 17.2. The number of benzene rings is 2. The highest BCUT2D eigenvalue weighted by molar-refractivity contribution is 7.13. The van der Waals surface area contributed by atoms with Gasteiger partial charge in [-0.15, -0.1) is 11.3 Å². The van der Waals surface area contributed by atoms with E-state index in [2.05, 4.69) is 20.6 Å². The van der Waals surface area contributed by atoms with Crippen LogP contribution in [0.4, 0.5) is 11.4 Å². The molecule has 3 heterocycles. The summed E-state index contributed by atoms with van der Waals surface area (Å²) in [5.41, 5.74) is 3.30. The number of nitrogens with zero attached hydrogens (tertiary/aromatic N) is 3. The number of ether oxygens (including phenoxy) is 1. The molecule has 0 radical (unpaired) electrons. The number of morpholine rings is 1. The lowest BCUT2D eigenvalue weighted by atomic mass is 10.2. The number of hydrogen-bond donors (Lipinski definition) is 2. The average Bonchev–Trinajstić information content (AvgIpc) is 3.57. The van der Waals surface area contributed by atoms with E-state index in [-0.39, 0.29) is 11.8 Å². The fraction of sp³-hybridized carbons (Fsp3) is 0.192. The molecule has 1 aliphatic heterocycles. The van der Waals surface area contributed by atoms with Crippen LogP contribution in [-0.4, -0.2) is 59.3 Å². The summed E-state index contributed by atoms with van der Waals surface area (Å²) in [5.74, 6) is -0.322. The van der Waals surface area contributed by atoms with Gasteiger partial charge in [0, 0.05) is 30.7 Å². The van der Waals surface area contributed by atoms with Crippen molar-refractivity contribution in [3.05, 3.63) is 83.9 Å². The molecule has 0 atom stereocenters. The number of thiophene rings is 1. The van der Waals surface area contributed by atoms with Crippen LogP contribution >= 0.6 is 11.3 Å². The van der Waals surface area contributed by atoms with Crippen LogP contribution in [0.25, 0.3) is 16.3 Å². The number of carbonyl (C=O) groups is 2. The Balaban J connectivity index is 1.28. The Morgan fingerprint density at radius 2 is 1.63 bits per heavy atom. The molecule has 9 heteroatoms. The zero-order valence-electron chi connectivity index (χ0n) is 19.0. The van der Waals surface area contributed by atoms with Crippen molar-refractivity contribution in [2.24, 2.45) is 0 Å². The maximum absolute atomic E-state index is 13.2. The molecule has 0 spiro atoms. The van der Waals surface area contributed by atoms with Gasteiger partial charge >= 0.3 is 0 Å². The molecule has 0 unspecified atom stereocenters. The Morgan fingerprint density at radius 1 is 0.914 bits per heavy atom. The molecule has 1 fully saturated rings. The second-order valence-corrected chi connectivity index (χ2v) is 9.06. The first kappa shape index (κ1) is 23.0. The summed E-state index contributed by atoms with van der Waals surface area (Å²) < 4.78 is 7.04. The van der Waals surface area contributed by atoms with E-state index in [1.807, 2.05) is 47.8 Å². The van der Waals surface area contributed by atoms with Gasteiger partial charge < -0.3 is 15.4 Å². The maximum Gasteiger partial charge on any atom is 0.259 e. The lowest BCUT2D eigenvalue weighted by Gasteiger charge is -2.25. The van der Waals surface area contributed by atoms with E-state index in [9.17, 15) is 9.59 Å². The summed E-state index contributed by atoms with van der Waals surface area (Å²) in [7, 11) is 0. The van der Waals surface area contributed by atoms with Gasteiger partial charge in [0.15, 0.2) is 0 Å². The Labute approximate surface area is 207 Å². The number of carbonyl (C=O) groups excluding carboxylic acids is 2. The second-order valence-electron chi connectivity index (χ2n) is 8.12. The highest BCUT2D eigenvalue weighted by atomic mass is 32.1. The minimum Gasteiger partial charge on any atom is -0.379 e.